The summed E-state index contributed by atoms with van der Waals surface area (Å²) in [6.45, 7) is 2.28. The van der Waals surface area contributed by atoms with Crippen LogP contribution in [-0.2, 0) is 13.5 Å². The van der Waals surface area contributed by atoms with Crippen molar-refractivity contribution in [2.24, 2.45) is 7.05 Å². The van der Waals surface area contributed by atoms with Crippen molar-refractivity contribution < 1.29 is 4.79 Å². The zero-order valence-corrected chi connectivity index (χ0v) is 14.9. The van der Waals surface area contributed by atoms with Gasteiger partial charge in [0.1, 0.15) is 4.83 Å². The molecule has 1 N–H and O–H groups in total. The molecule has 0 bridgehead atoms. The molecule has 2 heterocycles. The van der Waals surface area contributed by atoms with Gasteiger partial charge in [-0.2, -0.15) is 0 Å². The minimum Gasteiger partial charge on any atom is -0.351 e. The molecule has 0 aliphatic rings. The number of nitrogens with zero attached hydrogens (tertiary/aromatic N) is 2. The minimum atomic E-state index is -0.181. The first kappa shape index (κ1) is 16.7. The molecule has 1 aromatic carbocycles. The number of rotatable bonds is 4. The molecule has 3 aromatic rings. The maximum Gasteiger partial charge on any atom is 0.262 e. The first-order chi connectivity index (χ1) is 11.5. The van der Waals surface area contributed by atoms with E-state index in [1.54, 1.807) is 14.0 Å². The summed E-state index contributed by atoms with van der Waals surface area (Å²) in [6, 6.07) is 7.55. The smallest absolute Gasteiger partial charge is 0.262 e. The maximum atomic E-state index is 12.4. The Morgan fingerprint density at radius 1 is 1.42 bits per heavy atom. The molecule has 0 aliphatic heterocycles. The van der Waals surface area contributed by atoms with Gasteiger partial charge in [0.05, 0.1) is 16.6 Å². The Bertz CT molecular complexity index is 978. The summed E-state index contributed by atoms with van der Waals surface area (Å²) in [7, 11) is 1.65. The van der Waals surface area contributed by atoms with Crippen LogP contribution in [0.1, 0.15) is 20.8 Å². The average molecular weight is 362 g/mol. The van der Waals surface area contributed by atoms with Crippen molar-refractivity contribution in [3.63, 3.8) is 0 Å². The van der Waals surface area contributed by atoms with Gasteiger partial charge in [0.25, 0.3) is 11.5 Å². The van der Waals surface area contributed by atoms with Gasteiger partial charge in [0.2, 0.25) is 0 Å². The lowest BCUT2D eigenvalue weighted by Gasteiger charge is -2.05. The summed E-state index contributed by atoms with van der Waals surface area (Å²) in [5.41, 5.74) is 1.61. The fourth-order valence-electron chi connectivity index (χ4n) is 2.52. The van der Waals surface area contributed by atoms with Crippen molar-refractivity contribution in [1.82, 2.24) is 14.9 Å². The van der Waals surface area contributed by atoms with Gasteiger partial charge >= 0.3 is 0 Å². The molecule has 0 unspecified atom stereocenters. The van der Waals surface area contributed by atoms with E-state index in [0.717, 1.165) is 5.56 Å². The Morgan fingerprint density at radius 2 is 2.21 bits per heavy atom. The number of aromatic nitrogens is 2. The third kappa shape index (κ3) is 3.20. The maximum absolute atomic E-state index is 12.4. The molecule has 7 heteroatoms. The molecule has 0 spiro atoms. The van der Waals surface area contributed by atoms with Gasteiger partial charge in [-0.15, -0.1) is 11.3 Å². The second-order valence-corrected chi connectivity index (χ2v) is 6.97. The van der Waals surface area contributed by atoms with Crippen molar-refractivity contribution in [2.45, 2.75) is 13.3 Å². The van der Waals surface area contributed by atoms with Gasteiger partial charge in [-0.25, -0.2) is 4.98 Å². The topological polar surface area (TPSA) is 64.0 Å². The van der Waals surface area contributed by atoms with E-state index in [9.17, 15) is 9.59 Å². The molecule has 0 radical (unpaired) electrons. The second kappa shape index (κ2) is 6.75. The minimum absolute atomic E-state index is 0.133. The summed E-state index contributed by atoms with van der Waals surface area (Å²) in [5.74, 6) is -0.181. The Morgan fingerprint density at radius 3 is 2.96 bits per heavy atom. The molecule has 24 heavy (non-hydrogen) atoms. The van der Waals surface area contributed by atoms with Gasteiger partial charge in [0.15, 0.2) is 0 Å². The van der Waals surface area contributed by atoms with Crippen LogP contribution in [-0.4, -0.2) is 22.0 Å². The number of thiophene rings is 1. The van der Waals surface area contributed by atoms with Gasteiger partial charge in [-0.3, -0.25) is 9.59 Å². The van der Waals surface area contributed by atoms with Crippen molar-refractivity contribution in [3.05, 3.63) is 62.0 Å². The predicted molar refractivity (Wildman–Crippen MR) is 97.1 cm³/mol. The lowest BCUT2D eigenvalue weighted by atomic mass is 10.1. The van der Waals surface area contributed by atoms with Crippen molar-refractivity contribution in [2.75, 3.05) is 6.54 Å². The van der Waals surface area contributed by atoms with Crippen LogP contribution >= 0.6 is 22.9 Å². The summed E-state index contributed by atoms with van der Waals surface area (Å²) in [4.78, 5) is 30.0. The van der Waals surface area contributed by atoms with E-state index in [0.29, 0.717) is 38.6 Å². The number of hydrogen-bond acceptors (Lipinski definition) is 4. The fraction of sp³-hybridized carbons (Fsp3) is 0.235. The summed E-state index contributed by atoms with van der Waals surface area (Å²) < 4.78 is 1.42. The van der Waals surface area contributed by atoms with Crippen LogP contribution in [0.3, 0.4) is 0 Å². The largest absolute Gasteiger partial charge is 0.351 e. The van der Waals surface area contributed by atoms with Crippen molar-refractivity contribution >= 4 is 39.1 Å². The molecule has 3 rings (SSSR count). The molecule has 0 saturated carbocycles. The van der Waals surface area contributed by atoms with E-state index in [1.807, 2.05) is 24.3 Å². The van der Waals surface area contributed by atoms with E-state index >= 15 is 0 Å². The van der Waals surface area contributed by atoms with E-state index in [2.05, 4.69) is 10.3 Å². The molecule has 0 saturated heterocycles. The van der Waals surface area contributed by atoms with Gasteiger partial charge < -0.3 is 9.88 Å². The van der Waals surface area contributed by atoms with Crippen LogP contribution in [0.15, 0.2) is 35.4 Å². The van der Waals surface area contributed by atoms with Gasteiger partial charge in [-0.1, -0.05) is 23.7 Å². The Hall–Kier alpha value is -2.18. The third-order valence-corrected chi connectivity index (χ3v) is 5.24. The van der Waals surface area contributed by atoms with Gasteiger partial charge in [-0.05, 0) is 36.6 Å². The molecular formula is C17H16ClN3O2S. The zero-order valence-electron chi connectivity index (χ0n) is 13.3. The number of aryl methyl sites for hydroxylation is 2. The van der Waals surface area contributed by atoms with Gasteiger partial charge in [0, 0.05) is 18.6 Å². The van der Waals surface area contributed by atoms with E-state index in [4.69, 9.17) is 11.6 Å². The number of hydrogen-bond donors (Lipinski definition) is 1. The summed E-state index contributed by atoms with van der Waals surface area (Å²) in [6.07, 6.45) is 2.16. The zero-order chi connectivity index (χ0) is 17.3. The highest BCUT2D eigenvalue weighted by molar-refractivity contribution is 7.20. The molecule has 0 fully saturated rings. The first-order valence-corrected chi connectivity index (χ1v) is 8.64. The number of fused-ring (bicyclic) bond motifs is 1. The summed E-state index contributed by atoms with van der Waals surface area (Å²) in [5, 5.41) is 4.09. The van der Waals surface area contributed by atoms with E-state index < -0.39 is 0 Å². The molecular weight excluding hydrogens is 346 g/mol. The fourth-order valence-corrected chi connectivity index (χ4v) is 3.79. The summed E-state index contributed by atoms with van der Waals surface area (Å²) >= 11 is 7.20. The number of carbonyl (C=O) groups is 1. The van der Waals surface area contributed by atoms with Crippen molar-refractivity contribution in [3.8, 4) is 0 Å². The quantitative estimate of drug-likeness (QED) is 0.777. The monoisotopic (exact) mass is 361 g/mol. The normalized spacial score (nSPS) is 11.0. The number of nitrogens with one attached hydrogen (secondary N) is 1. The number of benzene rings is 1. The highest BCUT2D eigenvalue weighted by Crippen LogP contribution is 2.26. The third-order valence-electron chi connectivity index (χ3n) is 3.81. The number of carbonyl (C=O) groups excluding carboxylic acids is 1. The predicted octanol–water partition coefficient (Wildman–Crippen LogP) is 2.93. The van der Waals surface area contributed by atoms with Crippen LogP contribution in [0.5, 0.6) is 0 Å². The van der Waals surface area contributed by atoms with E-state index in [1.165, 1.54) is 22.2 Å². The van der Waals surface area contributed by atoms with Crippen LogP contribution < -0.4 is 10.9 Å². The molecule has 2 aromatic heterocycles. The molecule has 0 aliphatic carbocycles. The Labute approximate surface area is 147 Å². The van der Waals surface area contributed by atoms with Crippen LogP contribution in [0, 0.1) is 6.92 Å². The lowest BCUT2D eigenvalue weighted by molar-refractivity contribution is 0.0957. The van der Waals surface area contributed by atoms with Crippen LogP contribution in [0.4, 0.5) is 0 Å². The molecule has 124 valence electrons. The number of amides is 1. The standard InChI is InChI=1S/C17H16ClN3O2S/c1-10-13-16(20-9-21(2)17(13)23)24-14(10)15(22)19-7-6-11-4-3-5-12(18)8-11/h3-5,8-9H,6-7H2,1-2H3,(H,19,22). The van der Waals surface area contributed by atoms with Crippen LogP contribution in [0.25, 0.3) is 10.2 Å². The molecule has 5 nitrogen and oxygen atoms in total. The Kier molecular flexibility index (Phi) is 4.69. The second-order valence-electron chi connectivity index (χ2n) is 5.53. The lowest BCUT2D eigenvalue weighted by Crippen LogP contribution is -2.25. The SMILES string of the molecule is Cc1c(C(=O)NCCc2cccc(Cl)c2)sc2ncn(C)c(=O)c12. The number of halogens is 1. The average Bonchev–Trinajstić information content (AvgIpc) is 2.88. The van der Waals surface area contributed by atoms with Crippen molar-refractivity contribution in [1.29, 1.82) is 0 Å². The Balaban J connectivity index is 1.76. The highest BCUT2D eigenvalue weighted by atomic mass is 35.5. The molecule has 0 atom stereocenters. The highest BCUT2D eigenvalue weighted by Gasteiger charge is 2.18. The molecule has 1 amide bonds. The first-order valence-electron chi connectivity index (χ1n) is 7.44. The van der Waals surface area contributed by atoms with E-state index in [-0.39, 0.29) is 11.5 Å². The van der Waals surface area contributed by atoms with Crippen LogP contribution in [0.2, 0.25) is 5.02 Å².